The predicted molar refractivity (Wildman–Crippen MR) is 145 cm³/mol. The van der Waals surface area contributed by atoms with Crippen LogP contribution in [0.5, 0.6) is 5.75 Å². The molecule has 5 nitrogen and oxygen atoms in total. The van der Waals surface area contributed by atoms with E-state index in [0.29, 0.717) is 66.7 Å². The Morgan fingerprint density at radius 2 is 1.97 bits per heavy atom. The van der Waals surface area contributed by atoms with E-state index in [-0.39, 0.29) is 22.9 Å². The van der Waals surface area contributed by atoms with E-state index in [1.807, 2.05) is 0 Å². The first-order valence-electron chi connectivity index (χ1n) is 12.3. The van der Waals surface area contributed by atoms with Gasteiger partial charge in [0.1, 0.15) is 17.7 Å². The van der Waals surface area contributed by atoms with Gasteiger partial charge in [-0.15, -0.1) is 0 Å². The summed E-state index contributed by atoms with van der Waals surface area (Å²) in [6, 6.07) is 9.58. The predicted octanol–water partition coefficient (Wildman–Crippen LogP) is 7.09. The lowest BCUT2D eigenvalue weighted by Crippen LogP contribution is -2.41. The van der Waals surface area contributed by atoms with Crippen molar-refractivity contribution < 1.29 is 23.4 Å². The van der Waals surface area contributed by atoms with Gasteiger partial charge in [-0.25, -0.2) is 8.78 Å². The standard InChI is InChI=1S/C29H28Cl2F2N2O3/c1-38-20-5-7-26-21(16-20)28(23(31)18-34-26)25(33)8-9-29(17-27(36)37)10-13-35(14-11-29)12-2-3-19-4-6-24(32)22(30)15-19/h4-7,15-16,18,25H,8-14,17H2,1H3,(H,36,37)/t25-/m0/s1. The van der Waals surface area contributed by atoms with Crippen molar-refractivity contribution >= 4 is 40.1 Å². The van der Waals surface area contributed by atoms with Gasteiger partial charge < -0.3 is 9.84 Å². The van der Waals surface area contributed by atoms with E-state index >= 15 is 4.39 Å². The first kappa shape index (κ1) is 28.1. The molecule has 0 saturated carbocycles. The summed E-state index contributed by atoms with van der Waals surface area (Å²) in [4.78, 5) is 18.2. The molecular formula is C29H28Cl2F2N2O3. The number of rotatable bonds is 8. The highest BCUT2D eigenvalue weighted by Gasteiger charge is 2.37. The second-order valence-electron chi connectivity index (χ2n) is 9.69. The van der Waals surface area contributed by atoms with Gasteiger partial charge in [0.05, 0.1) is 35.6 Å². The highest BCUT2D eigenvalue weighted by Crippen LogP contribution is 2.44. The minimum absolute atomic E-state index is 0.0219. The summed E-state index contributed by atoms with van der Waals surface area (Å²) in [6.45, 7) is 1.79. The van der Waals surface area contributed by atoms with Gasteiger partial charge in [-0.3, -0.25) is 14.7 Å². The zero-order valence-electron chi connectivity index (χ0n) is 20.9. The van der Waals surface area contributed by atoms with Crippen LogP contribution >= 0.6 is 23.2 Å². The highest BCUT2D eigenvalue weighted by atomic mass is 35.5. The number of carboxylic acid groups (broad SMARTS) is 1. The number of hydrogen-bond donors (Lipinski definition) is 1. The van der Waals surface area contributed by atoms with Crippen LogP contribution in [-0.4, -0.2) is 47.7 Å². The number of ether oxygens (including phenoxy) is 1. The van der Waals surface area contributed by atoms with Crippen molar-refractivity contribution in [3.8, 4) is 17.6 Å². The zero-order chi connectivity index (χ0) is 27.3. The summed E-state index contributed by atoms with van der Waals surface area (Å²) in [6.07, 6.45) is 1.85. The second kappa shape index (κ2) is 12.3. The van der Waals surface area contributed by atoms with Gasteiger partial charge in [-0.2, -0.15) is 0 Å². The molecule has 1 N–H and O–H groups in total. The van der Waals surface area contributed by atoms with Crippen LogP contribution in [0, 0.1) is 23.1 Å². The Labute approximate surface area is 230 Å². The van der Waals surface area contributed by atoms with E-state index in [1.54, 1.807) is 24.3 Å². The molecule has 3 aromatic rings. The fourth-order valence-electron chi connectivity index (χ4n) is 5.04. The average molecular weight is 561 g/mol. The normalized spacial score (nSPS) is 16.0. The molecule has 1 aromatic heterocycles. The van der Waals surface area contributed by atoms with Crippen LogP contribution in [0.2, 0.25) is 10.0 Å². The van der Waals surface area contributed by atoms with Gasteiger partial charge in [-0.05, 0) is 80.6 Å². The molecule has 38 heavy (non-hydrogen) atoms. The molecule has 0 radical (unpaired) electrons. The monoisotopic (exact) mass is 560 g/mol. The van der Waals surface area contributed by atoms with E-state index in [4.69, 9.17) is 27.9 Å². The first-order valence-corrected chi connectivity index (χ1v) is 13.1. The number of alkyl halides is 1. The molecule has 0 bridgehead atoms. The van der Waals surface area contributed by atoms with E-state index in [2.05, 4.69) is 21.7 Å². The van der Waals surface area contributed by atoms with Crippen LogP contribution in [0.3, 0.4) is 0 Å². The molecule has 1 saturated heterocycles. The molecule has 1 aliphatic rings. The highest BCUT2D eigenvalue weighted by molar-refractivity contribution is 6.32. The van der Waals surface area contributed by atoms with Crippen molar-refractivity contribution in [3.63, 3.8) is 0 Å². The van der Waals surface area contributed by atoms with Gasteiger partial charge >= 0.3 is 5.97 Å². The Balaban J connectivity index is 1.42. The molecule has 0 amide bonds. The summed E-state index contributed by atoms with van der Waals surface area (Å²) in [5, 5.41) is 10.5. The summed E-state index contributed by atoms with van der Waals surface area (Å²) < 4.78 is 34.3. The summed E-state index contributed by atoms with van der Waals surface area (Å²) in [5.74, 6) is 5.27. The van der Waals surface area contributed by atoms with Crippen molar-refractivity contribution in [3.05, 3.63) is 69.6 Å². The SMILES string of the molecule is COc1ccc2ncc(Cl)c([C@@H](F)CCC3(CC(=O)O)CCN(CC#Cc4ccc(F)c(Cl)c4)CC3)c2c1. The van der Waals surface area contributed by atoms with Crippen LogP contribution in [0.25, 0.3) is 10.9 Å². The molecule has 1 atom stereocenters. The fraction of sp³-hybridized carbons (Fsp3) is 0.379. The Morgan fingerprint density at radius 3 is 2.66 bits per heavy atom. The maximum Gasteiger partial charge on any atom is 0.303 e. The summed E-state index contributed by atoms with van der Waals surface area (Å²) in [5.41, 5.74) is 1.08. The minimum atomic E-state index is -1.38. The molecule has 0 aliphatic carbocycles. The number of aromatic nitrogens is 1. The third-order valence-electron chi connectivity index (χ3n) is 7.21. The molecule has 4 rings (SSSR count). The number of nitrogens with zero attached hydrogens (tertiary/aromatic N) is 2. The number of carbonyl (C=O) groups is 1. The van der Waals surface area contributed by atoms with E-state index in [1.165, 1.54) is 25.4 Å². The largest absolute Gasteiger partial charge is 0.497 e. The lowest BCUT2D eigenvalue weighted by atomic mass is 9.71. The lowest BCUT2D eigenvalue weighted by molar-refractivity contribution is -0.141. The third kappa shape index (κ3) is 6.74. The number of fused-ring (bicyclic) bond motifs is 1. The van der Waals surface area contributed by atoms with Gasteiger partial charge in [0.25, 0.3) is 0 Å². The van der Waals surface area contributed by atoms with Crippen molar-refractivity contribution in [1.82, 2.24) is 9.88 Å². The first-order chi connectivity index (χ1) is 18.2. The van der Waals surface area contributed by atoms with Crippen molar-refractivity contribution in [2.75, 3.05) is 26.7 Å². The Hall–Kier alpha value is -2.92. The molecule has 0 unspecified atom stereocenters. The third-order valence-corrected chi connectivity index (χ3v) is 7.80. The number of halogens is 4. The van der Waals surface area contributed by atoms with E-state index in [0.717, 1.165) is 0 Å². The molecule has 0 spiro atoms. The van der Waals surface area contributed by atoms with Crippen molar-refractivity contribution in [2.24, 2.45) is 5.41 Å². The number of pyridine rings is 1. The quantitative estimate of drug-likeness (QED) is 0.298. The molecule has 9 heteroatoms. The maximum absolute atomic E-state index is 15.7. The molecule has 2 aromatic carbocycles. The average Bonchev–Trinajstić information content (AvgIpc) is 2.90. The van der Waals surface area contributed by atoms with Crippen LogP contribution < -0.4 is 4.74 Å². The maximum atomic E-state index is 15.7. The molecule has 1 fully saturated rings. The summed E-state index contributed by atoms with van der Waals surface area (Å²) in [7, 11) is 1.54. The van der Waals surface area contributed by atoms with Crippen LogP contribution in [0.15, 0.2) is 42.6 Å². The van der Waals surface area contributed by atoms with Gasteiger partial charge in [-0.1, -0.05) is 35.0 Å². The number of piperidine rings is 1. The number of aliphatic carboxylic acids is 1. The van der Waals surface area contributed by atoms with Crippen molar-refractivity contribution in [2.45, 2.75) is 38.3 Å². The van der Waals surface area contributed by atoms with E-state index in [9.17, 15) is 14.3 Å². The lowest BCUT2D eigenvalue weighted by Gasteiger charge is -2.41. The van der Waals surface area contributed by atoms with Gasteiger partial charge in [0.2, 0.25) is 0 Å². The number of hydrogen-bond acceptors (Lipinski definition) is 4. The Kier molecular flexibility index (Phi) is 9.09. The molecule has 2 heterocycles. The van der Waals surface area contributed by atoms with Crippen molar-refractivity contribution in [1.29, 1.82) is 0 Å². The topological polar surface area (TPSA) is 62.7 Å². The summed E-state index contributed by atoms with van der Waals surface area (Å²) >= 11 is 12.2. The number of methoxy groups -OCH3 is 1. The molecule has 1 aliphatic heterocycles. The molecule has 200 valence electrons. The number of benzene rings is 2. The van der Waals surface area contributed by atoms with E-state index < -0.39 is 23.4 Å². The Morgan fingerprint density at radius 1 is 1.21 bits per heavy atom. The molecular weight excluding hydrogens is 533 g/mol. The fourth-order valence-corrected chi connectivity index (χ4v) is 5.49. The van der Waals surface area contributed by atoms with Crippen LogP contribution in [0.4, 0.5) is 8.78 Å². The smallest absolute Gasteiger partial charge is 0.303 e. The Bertz CT molecular complexity index is 1380. The second-order valence-corrected chi connectivity index (χ2v) is 10.5. The van der Waals surface area contributed by atoms with Gasteiger partial charge in [0.15, 0.2) is 0 Å². The van der Waals surface area contributed by atoms with Gasteiger partial charge in [0, 0.05) is 22.7 Å². The van der Waals surface area contributed by atoms with Crippen LogP contribution in [0.1, 0.15) is 49.4 Å². The van der Waals surface area contributed by atoms with Crippen LogP contribution in [-0.2, 0) is 4.79 Å². The number of carboxylic acids is 1. The zero-order valence-corrected chi connectivity index (χ0v) is 22.5. The number of likely N-dealkylation sites (tertiary alicyclic amines) is 1. The minimum Gasteiger partial charge on any atom is -0.497 e.